The van der Waals surface area contributed by atoms with E-state index >= 15 is 0 Å². The SMILES string of the molecule is CCCCCNC(=O)C(C)Nc1cc(Br)ccc1C. The second-order valence-corrected chi connectivity index (χ2v) is 5.74. The van der Waals surface area contributed by atoms with Crippen molar-refractivity contribution < 1.29 is 4.79 Å². The van der Waals surface area contributed by atoms with Crippen molar-refractivity contribution in [1.82, 2.24) is 5.32 Å². The van der Waals surface area contributed by atoms with Crippen molar-refractivity contribution in [3.63, 3.8) is 0 Å². The molecular formula is C15H23BrN2O. The Hall–Kier alpha value is -1.03. The third-order valence-corrected chi connectivity index (χ3v) is 3.54. The van der Waals surface area contributed by atoms with Gasteiger partial charge >= 0.3 is 0 Å². The zero-order valence-electron chi connectivity index (χ0n) is 11.9. The van der Waals surface area contributed by atoms with Crippen LogP contribution in [0.2, 0.25) is 0 Å². The predicted molar refractivity (Wildman–Crippen MR) is 84.5 cm³/mol. The van der Waals surface area contributed by atoms with Gasteiger partial charge in [-0.15, -0.1) is 0 Å². The first-order chi connectivity index (χ1) is 9.04. The predicted octanol–water partition coefficient (Wildman–Crippen LogP) is 3.86. The maximum Gasteiger partial charge on any atom is 0.242 e. The van der Waals surface area contributed by atoms with Crippen LogP contribution in [0.1, 0.15) is 38.7 Å². The molecule has 19 heavy (non-hydrogen) atoms. The van der Waals surface area contributed by atoms with Crippen molar-refractivity contribution in [3.05, 3.63) is 28.2 Å². The quantitative estimate of drug-likeness (QED) is 0.747. The number of aryl methyl sites for hydroxylation is 1. The molecule has 1 rings (SSSR count). The standard InChI is InChI=1S/C15H23BrN2O/c1-4-5-6-9-17-15(19)12(3)18-14-10-13(16)8-7-11(14)2/h7-8,10,12,18H,4-6,9H2,1-3H3,(H,17,19). The fourth-order valence-electron chi connectivity index (χ4n) is 1.79. The molecule has 1 unspecified atom stereocenters. The van der Waals surface area contributed by atoms with Gasteiger partial charge in [-0.3, -0.25) is 4.79 Å². The minimum atomic E-state index is -0.227. The maximum atomic E-state index is 11.9. The van der Waals surface area contributed by atoms with E-state index in [9.17, 15) is 4.79 Å². The van der Waals surface area contributed by atoms with Gasteiger partial charge in [0.2, 0.25) is 5.91 Å². The molecule has 0 aliphatic rings. The number of hydrogen-bond donors (Lipinski definition) is 2. The highest BCUT2D eigenvalue weighted by atomic mass is 79.9. The summed E-state index contributed by atoms with van der Waals surface area (Å²) in [6.07, 6.45) is 3.37. The van der Waals surface area contributed by atoms with Crippen LogP contribution in [-0.4, -0.2) is 18.5 Å². The summed E-state index contributed by atoms with van der Waals surface area (Å²) >= 11 is 3.44. The van der Waals surface area contributed by atoms with Crippen molar-refractivity contribution in [3.8, 4) is 0 Å². The number of anilines is 1. The molecule has 0 bridgehead atoms. The number of hydrogen-bond acceptors (Lipinski definition) is 2. The molecule has 2 N–H and O–H groups in total. The van der Waals surface area contributed by atoms with Crippen molar-refractivity contribution >= 4 is 27.5 Å². The summed E-state index contributed by atoms with van der Waals surface area (Å²) in [6.45, 7) is 6.83. The molecule has 0 radical (unpaired) electrons. The van der Waals surface area contributed by atoms with Crippen LogP contribution in [0.4, 0.5) is 5.69 Å². The number of nitrogens with one attached hydrogen (secondary N) is 2. The molecule has 1 amide bonds. The Morgan fingerprint density at radius 2 is 2.11 bits per heavy atom. The number of carbonyl (C=O) groups is 1. The molecule has 4 heteroatoms. The Balaban J connectivity index is 2.47. The average Bonchev–Trinajstić information content (AvgIpc) is 2.38. The van der Waals surface area contributed by atoms with Crippen LogP contribution < -0.4 is 10.6 Å². The van der Waals surface area contributed by atoms with Crippen LogP contribution >= 0.6 is 15.9 Å². The van der Waals surface area contributed by atoms with Gasteiger partial charge in [-0.25, -0.2) is 0 Å². The molecule has 0 aromatic heterocycles. The van der Waals surface area contributed by atoms with Gasteiger partial charge in [0, 0.05) is 16.7 Å². The van der Waals surface area contributed by atoms with E-state index in [1.54, 1.807) is 0 Å². The molecule has 0 aliphatic heterocycles. The molecule has 1 aromatic rings. The molecular weight excluding hydrogens is 304 g/mol. The van der Waals surface area contributed by atoms with E-state index in [2.05, 4.69) is 33.5 Å². The fourth-order valence-corrected chi connectivity index (χ4v) is 2.15. The van der Waals surface area contributed by atoms with Gasteiger partial charge in [-0.05, 0) is 38.0 Å². The largest absolute Gasteiger partial charge is 0.374 e. The number of amides is 1. The van der Waals surface area contributed by atoms with Gasteiger partial charge in [-0.2, -0.15) is 0 Å². The Morgan fingerprint density at radius 3 is 2.79 bits per heavy atom. The highest BCUT2D eigenvalue weighted by Crippen LogP contribution is 2.21. The normalized spacial score (nSPS) is 12.0. The molecule has 0 saturated carbocycles. The first-order valence-corrected chi connectivity index (χ1v) is 7.64. The molecule has 1 atom stereocenters. The Kier molecular flexibility index (Phi) is 6.92. The molecule has 1 aromatic carbocycles. The summed E-state index contributed by atoms with van der Waals surface area (Å²) in [6, 6.07) is 5.79. The van der Waals surface area contributed by atoms with Crippen LogP contribution in [0, 0.1) is 6.92 Å². The van der Waals surface area contributed by atoms with Gasteiger partial charge in [-0.1, -0.05) is 41.8 Å². The Morgan fingerprint density at radius 1 is 1.37 bits per heavy atom. The summed E-state index contributed by atoms with van der Waals surface area (Å²) in [5.74, 6) is 0.0514. The highest BCUT2D eigenvalue weighted by molar-refractivity contribution is 9.10. The van der Waals surface area contributed by atoms with Gasteiger partial charge in [0.1, 0.15) is 6.04 Å². The lowest BCUT2D eigenvalue weighted by atomic mass is 10.2. The smallest absolute Gasteiger partial charge is 0.242 e. The maximum absolute atomic E-state index is 11.9. The van der Waals surface area contributed by atoms with E-state index < -0.39 is 0 Å². The first-order valence-electron chi connectivity index (χ1n) is 6.85. The van der Waals surface area contributed by atoms with E-state index in [0.717, 1.165) is 35.1 Å². The summed E-state index contributed by atoms with van der Waals surface area (Å²) in [5.41, 5.74) is 2.12. The summed E-state index contributed by atoms with van der Waals surface area (Å²) in [7, 11) is 0. The van der Waals surface area contributed by atoms with Gasteiger partial charge in [0.25, 0.3) is 0 Å². The highest BCUT2D eigenvalue weighted by Gasteiger charge is 2.12. The second-order valence-electron chi connectivity index (χ2n) is 4.82. The minimum absolute atomic E-state index is 0.0514. The number of carbonyl (C=O) groups excluding carboxylic acids is 1. The van der Waals surface area contributed by atoms with Crippen LogP contribution in [-0.2, 0) is 4.79 Å². The van der Waals surface area contributed by atoms with Gasteiger partial charge < -0.3 is 10.6 Å². The third kappa shape index (κ3) is 5.64. The molecule has 0 saturated heterocycles. The zero-order valence-corrected chi connectivity index (χ0v) is 13.5. The number of benzene rings is 1. The minimum Gasteiger partial charge on any atom is -0.374 e. The Labute approximate surface area is 124 Å². The number of halogens is 1. The zero-order chi connectivity index (χ0) is 14.3. The molecule has 0 heterocycles. The van der Waals surface area contributed by atoms with Gasteiger partial charge in [0.05, 0.1) is 0 Å². The van der Waals surface area contributed by atoms with Crippen molar-refractivity contribution in [2.45, 2.75) is 46.1 Å². The monoisotopic (exact) mass is 326 g/mol. The summed E-state index contributed by atoms with van der Waals surface area (Å²) in [4.78, 5) is 11.9. The van der Waals surface area contributed by atoms with E-state index in [0.29, 0.717) is 0 Å². The number of rotatable bonds is 7. The van der Waals surface area contributed by atoms with Crippen LogP contribution in [0.15, 0.2) is 22.7 Å². The van der Waals surface area contributed by atoms with E-state index in [1.165, 1.54) is 6.42 Å². The topological polar surface area (TPSA) is 41.1 Å². The van der Waals surface area contributed by atoms with Crippen molar-refractivity contribution in [2.24, 2.45) is 0 Å². The lowest BCUT2D eigenvalue weighted by Crippen LogP contribution is -2.38. The lowest BCUT2D eigenvalue weighted by Gasteiger charge is -2.17. The molecule has 3 nitrogen and oxygen atoms in total. The molecule has 0 aliphatic carbocycles. The molecule has 0 spiro atoms. The van der Waals surface area contributed by atoms with Crippen molar-refractivity contribution in [1.29, 1.82) is 0 Å². The van der Waals surface area contributed by atoms with Crippen LogP contribution in [0.3, 0.4) is 0 Å². The van der Waals surface area contributed by atoms with Crippen molar-refractivity contribution in [2.75, 3.05) is 11.9 Å². The molecule has 106 valence electrons. The summed E-state index contributed by atoms with van der Waals surface area (Å²) in [5, 5.41) is 6.21. The second kappa shape index (κ2) is 8.20. The van der Waals surface area contributed by atoms with E-state index in [1.807, 2.05) is 32.0 Å². The Bertz CT molecular complexity index is 421. The summed E-state index contributed by atoms with van der Waals surface area (Å²) < 4.78 is 1.01. The average molecular weight is 327 g/mol. The van der Waals surface area contributed by atoms with Crippen LogP contribution in [0.5, 0.6) is 0 Å². The van der Waals surface area contributed by atoms with E-state index in [4.69, 9.17) is 0 Å². The van der Waals surface area contributed by atoms with E-state index in [-0.39, 0.29) is 11.9 Å². The molecule has 0 fully saturated rings. The van der Waals surface area contributed by atoms with Gasteiger partial charge in [0.15, 0.2) is 0 Å². The van der Waals surface area contributed by atoms with Crippen LogP contribution in [0.25, 0.3) is 0 Å². The number of unbranched alkanes of at least 4 members (excludes halogenated alkanes) is 2. The third-order valence-electron chi connectivity index (χ3n) is 3.04. The first kappa shape index (κ1) is 16.0. The lowest BCUT2D eigenvalue weighted by molar-refractivity contribution is -0.121. The fraction of sp³-hybridized carbons (Fsp3) is 0.533.